The Bertz CT molecular complexity index is 665. The summed E-state index contributed by atoms with van der Waals surface area (Å²) in [5.74, 6) is 0. The Morgan fingerprint density at radius 3 is 2.86 bits per heavy atom. The number of aryl methyl sites for hydroxylation is 1. The van der Waals surface area contributed by atoms with Crippen molar-refractivity contribution in [2.24, 2.45) is 0 Å². The van der Waals surface area contributed by atoms with Crippen molar-refractivity contribution in [3.05, 3.63) is 23.2 Å². The lowest BCUT2D eigenvalue weighted by molar-refractivity contribution is 0.127. The van der Waals surface area contributed by atoms with Gasteiger partial charge in [-0.1, -0.05) is 0 Å². The van der Waals surface area contributed by atoms with Crippen LogP contribution in [0.15, 0.2) is 18.2 Å². The van der Waals surface area contributed by atoms with Crippen LogP contribution in [0.2, 0.25) is 0 Å². The van der Waals surface area contributed by atoms with E-state index in [4.69, 9.17) is 5.11 Å². The van der Waals surface area contributed by atoms with Crippen LogP contribution in [0.1, 0.15) is 5.01 Å². The molecule has 2 amide bonds. The standard InChI is InChI=1S/C15H20N4O2S/c1-11-16-13-3-2-12(10-14(13)22-11)17-15(21)19-6-4-18(5-7-19)8-9-20/h2-3,10,20H,4-9H2,1H3,(H,17,21). The molecule has 1 saturated heterocycles. The lowest BCUT2D eigenvalue weighted by Crippen LogP contribution is -2.50. The molecule has 6 nitrogen and oxygen atoms in total. The molecule has 0 aliphatic carbocycles. The van der Waals surface area contributed by atoms with Crippen molar-refractivity contribution in [3.63, 3.8) is 0 Å². The first kappa shape index (κ1) is 15.2. The number of piperazine rings is 1. The van der Waals surface area contributed by atoms with Crippen LogP contribution in [0.4, 0.5) is 10.5 Å². The molecule has 3 rings (SSSR count). The first-order chi connectivity index (χ1) is 10.7. The minimum absolute atomic E-state index is 0.0655. The normalized spacial score (nSPS) is 16.2. The molecule has 0 atom stereocenters. The van der Waals surface area contributed by atoms with Gasteiger partial charge in [-0.2, -0.15) is 0 Å². The lowest BCUT2D eigenvalue weighted by Gasteiger charge is -2.34. The number of nitrogens with one attached hydrogen (secondary N) is 1. The van der Waals surface area contributed by atoms with Crippen LogP contribution in [0.3, 0.4) is 0 Å². The number of rotatable bonds is 3. The number of nitrogens with zero attached hydrogens (tertiary/aromatic N) is 3. The first-order valence-electron chi connectivity index (χ1n) is 7.42. The van der Waals surface area contributed by atoms with E-state index < -0.39 is 0 Å². The highest BCUT2D eigenvalue weighted by Crippen LogP contribution is 2.24. The Hall–Kier alpha value is -1.70. The quantitative estimate of drug-likeness (QED) is 0.904. The predicted molar refractivity (Wildman–Crippen MR) is 88.5 cm³/mol. The molecule has 1 aromatic carbocycles. The number of carbonyl (C=O) groups excluding carboxylic acids is 1. The second kappa shape index (κ2) is 6.60. The van der Waals surface area contributed by atoms with Crippen molar-refractivity contribution in [1.29, 1.82) is 0 Å². The third kappa shape index (κ3) is 3.37. The van der Waals surface area contributed by atoms with Crippen molar-refractivity contribution in [2.45, 2.75) is 6.92 Å². The lowest BCUT2D eigenvalue weighted by atomic mass is 10.3. The van der Waals surface area contributed by atoms with Crippen LogP contribution >= 0.6 is 11.3 Å². The largest absolute Gasteiger partial charge is 0.395 e. The molecule has 0 spiro atoms. The number of urea groups is 1. The summed E-state index contributed by atoms with van der Waals surface area (Å²) < 4.78 is 1.09. The predicted octanol–water partition coefficient (Wildman–Crippen LogP) is 1.75. The summed E-state index contributed by atoms with van der Waals surface area (Å²) in [7, 11) is 0. The zero-order chi connectivity index (χ0) is 15.5. The number of amides is 2. The summed E-state index contributed by atoms with van der Waals surface area (Å²) in [5, 5.41) is 12.9. The molecule has 2 aromatic rings. The van der Waals surface area contributed by atoms with Crippen LogP contribution in [-0.4, -0.2) is 65.3 Å². The van der Waals surface area contributed by atoms with E-state index in [1.54, 1.807) is 11.3 Å². The van der Waals surface area contributed by atoms with E-state index in [1.165, 1.54) is 0 Å². The van der Waals surface area contributed by atoms with Crippen molar-refractivity contribution in [1.82, 2.24) is 14.8 Å². The van der Waals surface area contributed by atoms with Crippen molar-refractivity contribution >= 4 is 33.3 Å². The average molecular weight is 320 g/mol. The molecule has 2 N–H and O–H groups in total. The van der Waals surface area contributed by atoms with Crippen LogP contribution in [0, 0.1) is 6.92 Å². The first-order valence-corrected chi connectivity index (χ1v) is 8.24. The monoisotopic (exact) mass is 320 g/mol. The molecule has 2 heterocycles. The highest BCUT2D eigenvalue weighted by atomic mass is 32.1. The third-order valence-corrected chi connectivity index (χ3v) is 4.76. The van der Waals surface area contributed by atoms with Gasteiger partial charge >= 0.3 is 6.03 Å². The molecule has 0 radical (unpaired) electrons. The Morgan fingerprint density at radius 2 is 2.14 bits per heavy atom. The maximum absolute atomic E-state index is 12.3. The Labute approximate surface area is 133 Å². The van der Waals surface area contributed by atoms with E-state index in [-0.39, 0.29) is 12.6 Å². The molecule has 22 heavy (non-hydrogen) atoms. The number of aromatic nitrogens is 1. The molecule has 1 fully saturated rings. The fourth-order valence-electron chi connectivity index (χ4n) is 2.64. The molecule has 0 saturated carbocycles. The minimum Gasteiger partial charge on any atom is -0.395 e. The van der Waals surface area contributed by atoms with E-state index in [0.717, 1.165) is 34.0 Å². The fourth-order valence-corrected chi connectivity index (χ4v) is 3.50. The zero-order valence-corrected chi connectivity index (χ0v) is 13.4. The van der Waals surface area contributed by atoms with Gasteiger partial charge in [0.15, 0.2) is 0 Å². The van der Waals surface area contributed by atoms with E-state index in [9.17, 15) is 4.79 Å². The van der Waals surface area contributed by atoms with Gasteiger partial charge in [0.1, 0.15) is 0 Å². The second-order valence-electron chi connectivity index (χ2n) is 5.40. The number of hydrogen-bond acceptors (Lipinski definition) is 5. The van der Waals surface area contributed by atoms with E-state index >= 15 is 0 Å². The van der Waals surface area contributed by atoms with Gasteiger partial charge in [-0.3, -0.25) is 4.90 Å². The van der Waals surface area contributed by atoms with Gasteiger partial charge in [-0.25, -0.2) is 9.78 Å². The number of aliphatic hydroxyl groups is 1. The summed E-state index contributed by atoms with van der Waals surface area (Å²) in [6, 6.07) is 5.74. The number of β-amino-alcohol motifs (C(OH)–C–C–N with tert-alkyl or cyclic N) is 1. The third-order valence-electron chi connectivity index (χ3n) is 3.82. The van der Waals surface area contributed by atoms with Crippen molar-refractivity contribution in [3.8, 4) is 0 Å². The van der Waals surface area contributed by atoms with E-state index in [1.807, 2.05) is 30.0 Å². The maximum Gasteiger partial charge on any atom is 0.321 e. The van der Waals surface area contributed by atoms with Crippen LogP contribution < -0.4 is 5.32 Å². The fraction of sp³-hybridized carbons (Fsp3) is 0.467. The summed E-state index contributed by atoms with van der Waals surface area (Å²) in [6.07, 6.45) is 0. The average Bonchev–Trinajstić information content (AvgIpc) is 2.87. The zero-order valence-electron chi connectivity index (χ0n) is 12.6. The van der Waals surface area contributed by atoms with E-state index in [2.05, 4.69) is 15.2 Å². The molecule has 1 aliphatic rings. The summed E-state index contributed by atoms with van der Waals surface area (Å²) in [6.45, 7) is 5.82. The van der Waals surface area contributed by atoms with Crippen LogP contribution in [0.5, 0.6) is 0 Å². The van der Waals surface area contributed by atoms with Crippen LogP contribution in [0.25, 0.3) is 10.2 Å². The van der Waals surface area contributed by atoms with Gasteiger partial charge in [-0.05, 0) is 25.1 Å². The smallest absolute Gasteiger partial charge is 0.321 e. The number of fused-ring (bicyclic) bond motifs is 1. The molecule has 0 bridgehead atoms. The number of carbonyl (C=O) groups is 1. The Balaban J connectivity index is 1.61. The second-order valence-corrected chi connectivity index (χ2v) is 6.63. The number of thiazole rings is 1. The highest BCUT2D eigenvalue weighted by Gasteiger charge is 2.20. The van der Waals surface area contributed by atoms with E-state index in [0.29, 0.717) is 19.6 Å². The van der Waals surface area contributed by atoms with Gasteiger partial charge in [-0.15, -0.1) is 11.3 Å². The van der Waals surface area contributed by atoms with Gasteiger partial charge in [0.2, 0.25) is 0 Å². The van der Waals surface area contributed by atoms with Gasteiger partial charge in [0, 0.05) is 38.4 Å². The summed E-state index contributed by atoms with van der Waals surface area (Å²) in [5.41, 5.74) is 1.78. The molecule has 0 unspecified atom stereocenters. The Kier molecular flexibility index (Phi) is 4.56. The highest BCUT2D eigenvalue weighted by molar-refractivity contribution is 7.18. The number of aliphatic hydroxyl groups excluding tert-OH is 1. The molecule has 1 aliphatic heterocycles. The molecule has 1 aromatic heterocycles. The van der Waals surface area contributed by atoms with Gasteiger partial charge in [0.05, 0.1) is 21.8 Å². The van der Waals surface area contributed by atoms with Gasteiger partial charge in [0.25, 0.3) is 0 Å². The van der Waals surface area contributed by atoms with Crippen molar-refractivity contribution < 1.29 is 9.90 Å². The summed E-state index contributed by atoms with van der Waals surface area (Å²) in [4.78, 5) is 20.7. The molecule has 7 heteroatoms. The van der Waals surface area contributed by atoms with Crippen LogP contribution in [-0.2, 0) is 0 Å². The minimum atomic E-state index is -0.0655. The SMILES string of the molecule is Cc1nc2ccc(NC(=O)N3CCN(CCO)CC3)cc2s1. The van der Waals surface area contributed by atoms with Crippen molar-refractivity contribution in [2.75, 3.05) is 44.6 Å². The molecular weight excluding hydrogens is 300 g/mol. The molecule has 118 valence electrons. The topological polar surface area (TPSA) is 68.7 Å². The Morgan fingerprint density at radius 1 is 1.36 bits per heavy atom. The number of benzene rings is 1. The maximum atomic E-state index is 12.3. The number of hydrogen-bond donors (Lipinski definition) is 2. The number of anilines is 1. The summed E-state index contributed by atoms with van der Waals surface area (Å²) >= 11 is 1.63. The van der Waals surface area contributed by atoms with Gasteiger partial charge < -0.3 is 15.3 Å². The molecular formula is C15H20N4O2S.